The summed E-state index contributed by atoms with van der Waals surface area (Å²) in [5, 5.41) is 16.6. The molecule has 0 bridgehead atoms. The molecule has 0 spiro atoms. The van der Waals surface area contributed by atoms with Crippen LogP contribution in [0.1, 0.15) is 39.0 Å². The highest BCUT2D eigenvalue weighted by Crippen LogP contribution is 2.26. The summed E-state index contributed by atoms with van der Waals surface area (Å²) in [5.41, 5.74) is 1.29. The van der Waals surface area contributed by atoms with E-state index in [4.69, 9.17) is 4.99 Å². The third-order valence-corrected chi connectivity index (χ3v) is 5.84. The van der Waals surface area contributed by atoms with E-state index in [-0.39, 0.29) is 30.1 Å². The number of benzene rings is 1. The first-order valence-corrected chi connectivity index (χ1v) is 10.7. The predicted octanol–water partition coefficient (Wildman–Crippen LogP) is 3.75. The lowest BCUT2D eigenvalue weighted by molar-refractivity contribution is 0.120. The highest BCUT2D eigenvalue weighted by Gasteiger charge is 2.23. The van der Waals surface area contributed by atoms with Crippen LogP contribution >= 0.6 is 39.9 Å². The van der Waals surface area contributed by atoms with Gasteiger partial charge >= 0.3 is 0 Å². The van der Waals surface area contributed by atoms with E-state index in [9.17, 15) is 5.11 Å². The number of rotatable bonds is 5. The van der Waals surface area contributed by atoms with Gasteiger partial charge in [-0.2, -0.15) is 0 Å². The van der Waals surface area contributed by atoms with Crippen LogP contribution in [0.5, 0.6) is 0 Å². The van der Waals surface area contributed by atoms with Crippen LogP contribution in [0.15, 0.2) is 33.7 Å². The van der Waals surface area contributed by atoms with Crippen molar-refractivity contribution in [1.29, 1.82) is 0 Å². The second-order valence-corrected chi connectivity index (χ2v) is 8.37. The van der Waals surface area contributed by atoms with E-state index >= 15 is 0 Å². The smallest absolute Gasteiger partial charge is 0.191 e. The normalized spacial score (nSPS) is 25.8. The van der Waals surface area contributed by atoms with Gasteiger partial charge in [0, 0.05) is 42.4 Å². The Hall–Kier alpha value is -0.540. The Kier molecular flexibility index (Phi) is 9.65. The number of anilines is 1. The first-order valence-electron chi connectivity index (χ1n) is 9.87. The molecule has 1 aromatic rings. The number of guanidine groups is 1. The second kappa shape index (κ2) is 11.5. The molecule has 7 heteroatoms. The highest BCUT2D eigenvalue weighted by atomic mass is 127. The van der Waals surface area contributed by atoms with Crippen LogP contribution in [0.4, 0.5) is 5.69 Å². The van der Waals surface area contributed by atoms with Crippen molar-refractivity contribution in [2.45, 2.75) is 51.2 Å². The van der Waals surface area contributed by atoms with Crippen molar-refractivity contribution in [1.82, 2.24) is 10.6 Å². The number of aliphatic imine (C=N–C) groups is 1. The van der Waals surface area contributed by atoms with Crippen LogP contribution in [0.3, 0.4) is 0 Å². The van der Waals surface area contributed by atoms with Gasteiger partial charge in [0.2, 0.25) is 0 Å². The number of aliphatic hydroxyl groups is 1. The molecule has 1 saturated carbocycles. The standard InChI is InChI=1S/C20H31BrN4O.HI/c1-2-22-20(24-17-6-8-19(26)9-7-17)23-13-15-10-11-25(14-15)18-5-3-4-16(21)12-18;/h3-5,12,15,17,19,26H,2,6-11,13-14H2,1H3,(H2,22,23,24);1H. The first kappa shape index (κ1) is 22.7. The van der Waals surface area contributed by atoms with Gasteiger partial charge in [-0.05, 0) is 63.1 Å². The summed E-state index contributed by atoms with van der Waals surface area (Å²) in [4.78, 5) is 7.30. The highest BCUT2D eigenvalue weighted by molar-refractivity contribution is 14.0. The Morgan fingerprint density at radius 3 is 2.74 bits per heavy atom. The van der Waals surface area contributed by atoms with Crippen LogP contribution in [-0.4, -0.2) is 49.4 Å². The summed E-state index contributed by atoms with van der Waals surface area (Å²) < 4.78 is 1.13. The Labute approximate surface area is 188 Å². The SMILES string of the molecule is CCNC(=NCC1CCN(c2cccc(Br)c2)C1)NC1CCC(O)CC1.I. The average molecular weight is 551 g/mol. The van der Waals surface area contributed by atoms with Crippen LogP contribution in [0.2, 0.25) is 0 Å². The van der Waals surface area contributed by atoms with Crippen LogP contribution in [-0.2, 0) is 0 Å². The van der Waals surface area contributed by atoms with Gasteiger partial charge in [-0.25, -0.2) is 0 Å². The van der Waals surface area contributed by atoms with E-state index in [1.165, 1.54) is 12.1 Å². The summed E-state index contributed by atoms with van der Waals surface area (Å²) in [6, 6.07) is 8.96. The molecule has 152 valence electrons. The second-order valence-electron chi connectivity index (χ2n) is 7.45. The lowest BCUT2D eigenvalue weighted by Crippen LogP contribution is -2.45. The van der Waals surface area contributed by atoms with E-state index in [1.807, 2.05) is 0 Å². The van der Waals surface area contributed by atoms with Crippen molar-refractivity contribution >= 4 is 51.6 Å². The molecule has 3 rings (SSSR count). The quantitative estimate of drug-likeness (QED) is 0.297. The molecule has 1 aliphatic heterocycles. The fourth-order valence-corrected chi connectivity index (χ4v) is 4.23. The van der Waals surface area contributed by atoms with Gasteiger partial charge < -0.3 is 20.6 Å². The Morgan fingerprint density at radius 1 is 1.26 bits per heavy atom. The van der Waals surface area contributed by atoms with Crippen molar-refractivity contribution in [2.24, 2.45) is 10.9 Å². The zero-order valence-corrected chi connectivity index (χ0v) is 19.9. The topological polar surface area (TPSA) is 59.9 Å². The molecule has 5 nitrogen and oxygen atoms in total. The molecule has 1 unspecified atom stereocenters. The molecule has 1 atom stereocenters. The average Bonchev–Trinajstić information content (AvgIpc) is 3.11. The minimum absolute atomic E-state index is 0. The number of aliphatic hydroxyl groups excluding tert-OH is 1. The van der Waals surface area contributed by atoms with Crippen LogP contribution in [0.25, 0.3) is 0 Å². The van der Waals surface area contributed by atoms with Crippen molar-refractivity contribution in [3.8, 4) is 0 Å². The van der Waals surface area contributed by atoms with Gasteiger partial charge in [0.25, 0.3) is 0 Å². The van der Waals surface area contributed by atoms with Gasteiger partial charge in [-0.3, -0.25) is 4.99 Å². The maximum atomic E-state index is 9.67. The molecule has 3 N–H and O–H groups in total. The Bertz CT molecular complexity index is 607. The molecule has 1 heterocycles. The molecule has 2 fully saturated rings. The van der Waals surface area contributed by atoms with Crippen molar-refractivity contribution < 1.29 is 5.11 Å². The van der Waals surface area contributed by atoms with Gasteiger partial charge in [-0.1, -0.05) is 22.0 Å². The Morgan fingerprint density at radius 2 is 2.04 bits per heavy atom. The summed E-state index contributed by atoms with van der Waals surface area (Å²) in [7, 11) is 0. The molecule has 2 aliphatic rings. The molecule has 1 aromatic carbocycles. The maximum Gasteiger partial charge on any atom is 0.191 e. The summed E-state index contributed by atoms with van der Waals surface area (Å²) in [6.07, 6.45) is 4.89. The molecule has 27 heavy (non-hydrogen) atoms. The van der Waals surface area contributed by atoms with Crippen molar-refractivity contribution in [3.05, 3.63) is 28.7 Å². The van der Waals surface area contributed by atoms with E-state index in [1.54, 1.807) is 0 Å². The third-order valence-electron chi connectivity index (χ3n) is 5.35. The molecule has 1 aliphatic carbocycles. The lowest BCUT2D eigenvalue weighted by Gasteiger charge is -2.27. The molecule has 0 amide bonds. The van der Waals surface area contributed by atoms with E-state index in [0.29, 0.717) is 12.0 Å². The number of nitrogens with one attached hydrogen (secondary N) is 2. The van der Waals surface area contributed by atoms with Gasteiger partial charge in [-0.15, -0.1) is 24.0 Å². The van der Waals surface area contributed by atoms with Crippen molar-refractivity contribution in [2.75, 3.05) is 31.1 Å². The monoisotopic (exact) mass is 550 g/mol. The molecule has 0 radical (unpaired) electrons. The fraction of sp³-hybridized carbons (Fsp3) is 0.650. The number of hydrogen-bond acceptors (Lipinski definition) is 3. The lowest BCUT2D eigenvalue weighted by atomic mass is 9.93. The van der Waals surface area contributed by atoms with E-state index in [2.05, 4.69) is 62.7 Å². The van der Waals surface area contributed by atoms with E-state index in [0.717, 1.165) is 62.3 Å². The number of nitrogens with zero attached hydrogens (tertiary/aromatic N) is 2. The zero-order valence-electron chi connectivity index (χ0n) is 16.0. The fourth-order valence-electron chi connectivity index (χ4n) is 3.84. The van der Waals surface area contributed by atoms with Gasteiger partial charge in [0.05, 0.1) is 6.10 Å². The van der Waals surface area contributed by atoms with Gasteiger partial charge in [0.1, 0.15) is 0 Å². The first-order chi connectivity index (χ1) is 12.6. The van der Waals surface area contributed by atoms with Crippen LogP contribution in [0, 0.1) is 5.92 Å². The summed E-state index contributed by atoms with van der Waals surface area (Å²) >= 11 is 3.56. The van der Waals surface area contributed by atoms with E-state index < -0.39 is 0 Å². The van der Waals surface area contributed by atoms with Crippen LogP contribution < -0.4 is 15.5 Å². The summed E-state index contributed by atoms with van der Waals surface area (Å²) in [5.74, 6) is 1.52. The summed E-state index contributed by atoms with van der Waals surface area (Å²) in [6.45, 7) is 5.99. The zero-order chi connectivity index (χ0) is 18.4. The number of halogens is 2. The third kappa shape index (κ3) is 7.09. The molecular formula is C20H32BrIN4O. The minimum atomic E-state index is -0.116. The maximum absolute atomic E-state index is 9.67. The predicted molar refractivity (Wildman–Crippen MR) is 127 cm³/mol. The molecule has 1 saturated heterocycles. The largest absolute Gasteiger partial charge is 0.393 e. The van der Waals surface area contributed by atoms with Gasteiger partial charge in [0.15, 0.2) is 5.96 Å². The number of hydrogen-bond donors (Lipinski definition) is 3. The van der Waals surface area contributed by atoms with Crippen molar-refractivity contribution in [3.63, 3.8) is 0 Å². The Balaban J connectivity index is 0.00000261. The molecular weight excluding hydrogens is 519 g/mol. The molecule has 0 aromatic heterocycles. The minimum Gasteiger partial charge on any atom is -0.393 e.